The van der Waals surface area contributed by atoms with Crippen molar-refractivity contribution in [2.24, 2.45) is 0 Å². The molecular formula is C16H10F4O2. The maximum Gasteiger partial charge on any atom is 0.416 e. The van der Waals surface area contributed by atoms with Crippen LogP contribution in [0.4, 0.5) is 17.6 Å². The third kappa shape index (κ3) is 3.05. The average molecular weight is 310 g/mol. The topological polar surface area (TPSA) is 22.4 Å². The van der Waals surface area contributed by atoms with Gasteiger partial charge in [-0.25, -0.2) is 4.39 Å². The fraction of sp³-hybridized carbons (Fsp3) is 0.125. The van der Waals surface area contributed by atoms with Gasteiger partial charge in [0.1, 0.15) is 29.5 Å². The van der Waals surface area contributed by atoms with Crippen molar-refractivity contribution in [1.29, 1.82) is 0 Å². The molecule has 22 heavy (non-hydrogen) atoms. The van der Waals surface area contributed by atoms with E-state index in [9.17, 15) is 17.6 Å². The average Bonchev–Trinajstić information content (AvgIpc) is 2.86. The van der Waals surface area contributed by atoms with Crippen LogP contribution in [-0.2, 0) is 12.8 Å². The van der Waals surface area contributed by atoms with Gasteiger partial charge in [0.05, 0.1) is 5.56 Å². The molecule has 0 saturated carbocycles. The Hall–Kier alpha value is -2.50. The fourth-order valence-electron chi connectivity index (χ4n) is 2.06. The third-order valence-corrected chi connectivity index (χ3v) is 3.07. The highest BCUT2D eigenvalue weighted by atomic mass is 19.4. The minimum Gasteiger partial charge on any atom is -0.486 e. The lowest BCUT2D eigenvalue weighted by molar-refractivity contribution is -0.137. The van der Waals surface area contributed by atoms with Gasteiger partial charge in [-0.2, -0.15) is 13.2 Å². The van der Waals surface area contributed by atoms with E-state index in [0.29, 0.717) is 16.7 Å². The van der Waals surface area contributed by atoms with Crippen molar-refractivity contribution in [3.63, 3.8) is 0 Å². The van der Waals surface area contributed by atoms with E-state index < -0.39 is 17.6 Å². The molecule has 3 rings (SSSR count). The number of halogens is 4. The number of furan rings is 1. The molecule has 3 aromatic rings. The Balaban J connectivity index is 1.76. The first kappa shape index (κ1) is 14.4. The zero-order valence-electron chi connectivity index (χ0n) is 11.2. The van der Waals surface area contributed by atoms with Crippen LogP contribution in [0.5, 0.6) is 5.75 Å². The molecule has 0 amide bonds. The molecule has 0 aliphatic carbocycles. The van der Waals surface area contributed by atoms with E-state index in [4.69, 9.17) is 9.15 Å². The molecule has 0 aliphatic rings. The SMILES string of the molecule is Fc1ccc2oc(COc3cccc(C(F)(F)F)c3)cc2c1. The lowest BCUT2D eigenvalue weighted by Crippen LogP contribution is -2.05. The summed E-state index contributed by atoms with van der Waals surface area (Å²) >= 11 is 0. The van der Waals surface area contributed by atoms with Crippen LogP contribution < -0.4 is 4.74 Å². The van der Waals surface area contributed by atoms with Gasteiger partial charge in [-0.1, -0.05) is 6.07 Å². The highest BCUT2D eigenvalue weighted by molar-refractivity contribution is 5.77. The van der Waals surface area contributed by atoms with E-state index in [2.05, 4.69) is 0 Å². The molecule has 1 aromatic heterocycles. The van der Waals surface area contributed by atoms with Gasteiger partial charge in [0.25, 0.3) is 0 Å². The first-order valence-corrected chi connectivity index (χ1v) is 6.40. The van der Waals surface area contributed by atoms with Crippen LogP contribution >= 0.6 is 0 Å². The zero-order chi connectivity index (χ0) is 15.7. The molecule has 0 fully saturated rings. The normalized spacial score (nSPS) is 11.8. The van der Waals surface area contributed by atoms with Crippen LogP contribution in [0.25, 0.3) is 11.0 Å². The molecule has 6 heteroatoms. The minimum absolute atomic E-state index is 0.0440. The predicted molar refractivity (Wildman–Crippen MR) is 71.9 cm³/mol. The number of fused-ring (bicyclic) bond motifs is 1. The summed E-state index contributed by atoms with van der Waals surface area (Å²) in [6, 6.07) is 10.2. The largest absolute Gasteiger partial charge is 0.486 e. The number of hydrogen-bond donors (Lipinski definition) is 0. The Morgan fingerprint density at radius 2 is 1.82 bits per heavy atom. The molecule has 0 radical (unpaired) electrons. The van der Waals surface area contributed by atoms with Gasteiger partial charge in [0.2, 0.25) is 0 Å². The molecule has 0 bridgehead atoms. The predicted octanol–water partition coefficient (Wildman–Crippen LogP) is 5.17. The van der Waals surface area contributed by atoms with Crippen molar-refractivity contribution < 1.29 is 26.7 Å². The summed E-state index contributed by atoms with van der Waals surface area (Å²) in [7, 11) is 0. The van der Waals surface area contributed by atoms with E-state index in [1.54, 1.807) is 6.07 Å². The van der Waals surface area contributed by atoms with Crippen LogP contribution in [0.15, 0.2) is 52.9 Å². The molecule has 0 unspecified atom stereocenters. The monoisotopic (exact) mass is 310 g/mol. The van der Waals surface area contributed by atoms with Gasteiger partial charge < -0.3 is 9.15 Å². The maximum absolute atomic E-state index is 13.1. The van der Waals surface area contributed by atoms with Crippen molar-refractivity contribution in [1.82, 2.24) is 0 Å². The zero-order valence-corrected chi connectivity index (χ0v) is 11.2. The molecule has 0 spiro atoms. The Morgan fingerprint density at radius 1 is 1.00 bits per heavy atom. The second-order valence-electron chi connectivity index (χ2n) is 4.71. The quantitative estimate of drug-likeness (QED) is 0.623. The minimum atomic E-state index is -4.42. The summed E-state index contributed by atoms with van der Waals surface area (Å²) in [6.07, 6.45) is -4.42. The summed E-state index contributed by atoms with van der Waals surface area (Å²) < 4.78 is 61.6. The van der Waals surface area contributed by atoms with Gasteiger partial charge in [-0.3, -0.25) is 0 Å². The van der Waals surface area contributed by atoms with E-state index in [1.807, 2.05) is 0 Å². The standard InChI is InChI=1S/C16H10F4O2/c17-12-4-5-15-10(6-12)7-14(22-15)9-21-13-3-1-2-11(8-13)16(18,19)20/h1-8H,9H2. The third-order valence-electron chi connectivity index (χ3n) is 3.07. The number of alkyl halides is 3. The number of ether oxygens (including phenoxy) is 1. The Bertz CT molecular complexity index is 805. The van der Waals surface area contributed by atoms with Crippen molar-refractivity contribution in [2.45, 2.75) is 12.8 Å². The van der Waals surface area contributed by atoms with Gasteiger partial charge >= 0.3 is 6.18 Å². The van der Waals surface area contributed by atoms with Crippen molar-refractivity contribution in [2.75, 3.05) is 0 Å². The number of rotatable bonds is 3. The van der Waals surface area contributed by atoms with Crippen LogP contribution in [0.2, 0.25) is 0 Å². The first-order valence-electron chi connectivity index (χ1n) is 6.40. The fourth-order valence-corrected chi connectivity index (χ4v) is 2.06. The molecular weight excluding hydrogens is 300 g/mol. The van der Waals surface area contributed by atoms with Crippen molar-refractivity contribution in [3.8, 4) is 5.75 Å². The van der Waals surface area contributed by atoms with Crippen LogP contribution in [-0.4, -0.2) is 0 Å². The van der Waals surface area contributed by atoms with Gasteiger partial charge in [-0.15, -0.1) is 0 Å². The summed E-state index contributed by atoms with van der Waals surface area (Å²) in [6.45, 7) is -0.0440. The molecule has 2 nitrogen and oxygen atoms in total. The molecule has 114 valence electrons. The second kappa shape index (κ2) is 5.36. The Labute approximate surface area is 122 Å². The second-order valence-corrected chi connectivity index (χ2v) is 4.71. The highest BCUT2D eigenvalue weighted by Gasteiger charge is 2.30. The van der Waals surface area contributed by atoms with Crippen LogP contribution in [0.3, 0.4) is 0 Å². The van der Waals surface area contributed by atoms with Gasteiger partial charge in [0.15, 0.2) is 0 Å². The molecule has 0 aliphatic heterocycles. The first-order chi connectivity index (χ1) is 10.4. The Morgan fingerprint density at radius 3 is 2.59 bits per heavy atom. The molecule has 0 N–H and O–H groups in total. The summed E-state index contributed by atoms with van der Waals surface area (Å²) in [4.78, 5) is 0. The van der Waals surface area contributed by atoms with E-state index >= 15 is 0 Å². The van der Waals surface area contributed by atoms with Crippen LogP contribution in [0, 0.1) is 5.82 Å². The lowest BCUT2D eigenvalue weighted by Gasteiger charge is -2.09. The summed E-state index contributed by atoms with van der Waals surface area (Å²) in [5, 5.41) is 0.572. The van der Waals surface area contributed by atoms with E-state index in [0.717, 1.165) is 12.1 Å². The maximum atomic E-state index is 13.1. The van der Waals surface area contributed by atoms with Crippen LogP contribution in [0.1, 0.15) is 11.3 Å². The molecule has 0 atom stereocenters. The highest BCUT2D eigenvalue weighted by Crippen LogP contribution is 2.31. The van der Waals surface area contributed by atoms with E-state index in [1.165, 1.54) is 30.3 Å². The summed E-state index contributed by atoms with van der Waals surface area (Å²) in [5.74, 6) is 0.0955. The van der Waals surface area contributed by atoms with Crippen molar-refractivity contribution >= 4 is 11.0 Å². The Kier molecular flexibility index (Phi) is 3.52. The van der Waals surface area contributed by atoms with Crippen molar-refractivity contribution in [3.05, 3.63) is 65.7 Å². The lowest BCUT2D eigenvalue weighted by atomic mass is 10.2. The van der Waals surface area contributed by atoms with Gasteiger partial charge in [-0.05, 0) is 42.5 Å². The summed E-state index contributed by atoms with van der Waals surface area (Å²) in [5.41, 5.74) is -0.291. The van der Waals surface area contributed by atoms with Gasteiger partial charge in [0, 0.05) is 5.39 Å². The molecule has 1 heterocycles. The van der Waals surface area contributed by atoms with E-state index in [-0.39, 0.29) is 12.4 Å². The molecule has 0 saturated heterocycles. The molecule has 2 aromatic carbocycles. The number of benzene rings is 2. The number of hydrogen-bond acceptors (Lipinski definition) is 2. The smallest absolute Gasteiger partial charge is 0.416 e.